The molecule has 0 atom stereocenters. The molecule has 2 heteroatoms. The zero-order valence-electron chi connectivity index (χ0n) is 8.14. The highest BCUT2D eigenvalue weighted by Crippen LogP contribution is 2.21. The molecule has 1 aromatic heterocycles. The van der Waals surface area contributed by atoms with Gasteiger partial charge >= 0.3 is 0 Å². The van der Waals surface area contributed by atoms with E-state index in [2.05, 4.69) is 35.1 Å². The fourth-order valence-corrected chi connectivity index (χ4v) is 1.55. The average molecular weight is 184 g/mol. The summed E-state index contributed by atoms with van der Waals surface area (Å²) < 4.78 is 0. The second-order valence-electron chi connectivity index (χ2n) is 3.14. The fraction of sp³-hybridized carbons (Fsp3) is 0.167. The van der Waals surface area contributed by atoms with Gasteiger partial charge in [0.15, 0.2) is 0 Å². The summed E-state index contributed by atoms with van der Waals surface area (Å²) in [6.07, 6.45) is 6.28. The van der Waals surface area contributed by atoms with Crippen LogP contribution in [0.5, 0.6) is 0 Å². The Bertz CT molecular complexity index is 410. The highest BCUT2D eigenvalue weighted by atomic mass is 14.8. The van der Waals surface area contributed by atoms with Crippen molar-refractivity contribution < 1.29 is 0 Å². The van der Waals surface area contributed by atoms with Gasteiger partial charge in [0.05, 0.1) is 0 Å². The highest BCUT2D eigenvalue weighted by Gasteiger charge is 2.01. The number of rotatable bonds is 2. The lowest BCUT2D eigenvalue weighted by Gasteiger charge is -2.05. The van der Waals surface area contributed by atoms with Crippen molar-refractivity contribution in [3.05, 3.63) is 48.5 Å². The molecule has 1 heterocycles. The van der Waals surface area contributed by atoms with Crippen molar-refractivity contribution in [3.8, 4) is 11.1 Å². The van der Waals surface area contributed by atoms with Crippen molar-refractivity contribution >= 4 is 0 Å². The Morgan fingerprint density at radius 3 is 2.50 bits per heavy atom. The van der Waals surface area contributed by atoms with Gasteiger partial charge in [0, 0.05) is 18.0 Å². The van der Waals surface area contributed by atoms with E-state index in [-0.39, 0.29) is 0 Å². The summed E-state index contributed by atoms with van der Waals surface area (Å²) in [4.78, 5) is 8.05. The van der Waals surface area contributed by atoms with E-state index in [1.54, 1.807) is 6.33 Å². The molecule has 0 aliphatic rings. The predicted molar refractivity (Wildman–Crippen MR) is 56.8 cm³/mol. The van der Waals surface area contributed by atoms with Crippen LogP contribution >= 0.6 is 0 Å². The molecular weight excluding hydrogens is 172 g/mol. The first-order chi connectivity index (χ1) is 6.92. The molecule has 70 valence electrons. The van der Waals surface area contributed by atoms with E-state index in [1.807, 2.05) is 18.5 Å². The van der Waals surface area contributed by atoms with Crippen LogP contribution in [0.15, 0.2) is 43.0 Å². The average Bonchev–Trinajstić information content (AvgIpc) is 2.30. The molecule has 0 fully saturated rings. The van der Waals surface area contributed by atoms with Gasteiger partial charge in [0.2, 0.25) is 0 Å². The van der Waals surface area contributed by atoms with Gasteiger partial charge in [0.25, 0.3) is 0 Å². The normalized spacial score (nSPS) is 10.1. The van der Waals surface area contributed by atoms with Gasteiger partial charge in [-0.15, -0.1) is 0 Å². The molecule has 0 saturated heterocycles. The monoisotopic (exact) mass is 184 g/mol. The Morgan fingerprint density at radius 2 is 1.79 bits per heavy atom. The van der Waals surface area contributed by atoms with Crippen LogP contribution in [0.25, 0.3) is 11.1 Å². The van der Waals surface area contributed by atoms with Gasteiger partial charge < -0.3 is 0 Å². The van der Waals surface area contributed by atoms with Gasteiger partial charge in [-0.25, -0.2) is 9.97 Å². The van der Waals surface area contributed by atoms with Crippen LogP contribution in [0.3, 0.4) is 0 Å². The van der Waals surface area contributed by atoms with Gasteiger partial charge in [0.1, 0.15) is 6.33 Å². The Labute approximate surface area is 83.7 Å². The highest BCUT2D eigenvalue weighted by molar-refractivity contribution is 5.65. The number of aryl methyl sites for hydroxylation is 1. The molecule has 0 N–H and O–H groups in total. The number of hydrogen-bond acceptors (Lipinski definition) is 2. The minimum Gasteiger partial charge on any atom is -0.244 e. The second kappa shape index (κ2) is 4.01. The molecule has 0 unspecified atom stereocenters. The number of hydrogen-bond donors (Lipinski definition) is 0. The van der Waals surface area contributed by atoms with E-state index < -0.39 is 0 Å². The molecule has 0 aliphatic carbocycles. The second-order valence-corrected chi connectivity index (χ2v) is 3.14. The fourth-order valence-electron chi connectivity index (χ4n) is 1.55. The van der Waals surface area contributed by atoms with E-state index in [4.69, 9.17) is 0 Å². The van der Waals surface area contributed by atoms with E-state index in [1.165, 1.54) is 11.1 Å². The molecule has 1 aromatic carbocycles. The van der Waals surface area contributed by atoms with Gasteiger partial charge in [-0.1, -0.05) is 31.2 Å². The Morgan fingerprint density at radius 1 is 1.07 bits per heavy atom. The molecule has 0 saturated carbocycles. The van der Waals surface area contributed by atoms with Crippen LogP contribution in [0, 0.1) is 0 Å². The first-order valence-corrected chi connectivity index (χ1v) is 4.75. The maximum atomic E-state index is 4.03. The maximum Gasteiger partial charge on any atom is 0.115 e. The standard InChI is InChI=1S/C12H12N2/c1-2-10-5-3-4-6-12(10)11-7-13-9-14-8-11/h3-9H,2H2,1H3. The third-order valence-electron chi connectivity index (χ3n) is 2.27. The van der Waals surface area contributed by atoms with Crippen molar-refractivity contribution in [3.63, 3.8) is 0 Å². The summed E-state index contributed by atoms with van der Waals surface area (Å²) in [6.45, 7) is 2.16. The number of benzene rings is 1. The molecule has 2 aromatic rings. The predicted octanol–water partition coefficient (Wildman–Crippen LogP) is 2.71. The third-order valence-corrected chi connectivity index (χ3v) is 2.27. The van der Waals surface area contributed by atoms with E-state index in [0.29, 0.717) is 0 Å². The van der Waals surface area contributed by atoms with Crippen molar-refractivity contribution in [2.75, 3.05) is 0 Å². The number of aromatic nitrogens is 2. The molecule has 2 nitrogen and oxygen atoms in total. The van der Waals surface area contributed by atoms with E-state index in [9.17, 15) is 0 Å². The minimum atomic E-state index is 1.03. The Kier molecular flexibility index (Phi) is 2.54. The van der Waals surface area contributed by atoms with Crippen LogP contribution < -0.4 is 0 Å². The quantitative estimate of drug-likeness (QED) is 0.717. The lowest BCUT2D eigenvalue weighted by Crippen LogP contribution is -1.88. The zero-order chi connectivity index (χ0) is 9.80. The molecule has 0 radical (unpaired) electrons. The zero-order valence-corrected chi connectivity index (χ0v) is 8.14. The van der Waals surface area contributed by atoms with Crippen molar-refractivity contribution in [2.45, 2.75) is 13.3 Å². The SMILES string of the molecule is CCc1ccccc1-c1cncnc1. The number of nitrogens with zero attached hydrogens (tertiary/aromatic N) is 2. The summed E-state index contributed by atoms with van der Waals surface area (Å²) in [6, 6.07) is 8.35. The topological polar surface area (TPSA) is 25.8 Å². The molecule has 0 amide bonds. The first-order valence-electron chi connectivity index (χ1n) is 4.75. The van der Waals surface area contributed by atoms with Crippen LogP contribution in [0.2, 0.25) is 0 Å². The van der Waals surface area contributed by atoms with Crippen LogP contribution in [-0.2, 0) is 6.42 Å². The van der Waals surface area contributed by atoms with Gasteiger partial charge in [-0.2, -0.15) is 0 Å². The van der Waals surface area contributed by atoms with E-state index >= 15 is 0 Å². The largest absolute Gasteiger partial charge is 0.244 e. The molecule has 0 spiro atoms. The van der Waals surface area contributed by atoms with Gasteiger partial charge in [-0.05, 0) is 17.5 Å². The van der Waals surface area contributed by atoms with Crippen molar-refractivity contribution in [2.24, 2.45) is 0 Å². The maximum absolute atomic E-state index is 4.03. The van der Waals surface area contributed by atoms with Crippen molar-refractivity contribution in [1.29, 1.82) is 0 Å². The molecule has 14 heavy (non-hydrogen) atoms. The lowest BCUT2D eigenvalue weighted by atomic mass is 10.0. The molecular formula is C12H12N2. The van der Waals surface area contributed by atoms with Crippen LogP contribution in [0.4, 0.5) is 0 Å². The molecule has 2 rings (SSSR count). The minimum absolute atomic E-state index is 1.03. The molecule has 0 bridgehead atoms. The van der Waals surface area contributed by atoms with Crippen molar-refractivity contribution in [1.82, 2.24) is 9.97 Å². The Hall–Kier alpha value is -1.70. The molecule has 0 aliphatic heterocycles. The third kappa shape index (κ3) is 1.64. The smallest absolute Gasteiger partial charge is 0.115 e. The summed E-state index contributed by atoms with van der Waals surface area (Å²) in [7, 11) is 0. The summed E-state index contributed by atoms with van der Waals surface area (Å²) >= 11 is 0. The summed E-state index contributed by atoms with van der Waals surface area (Å²) in [5, 5.41) is 0. The van der Waals surface area contributed by atoms with Crippen LogP contribution in [0.1, 0.15) is 12.5 Å². The van der Waals surface area contributed by atoms with E-state index in [0.717, 1.165) is 12.0 Å². The summed E-state index contributed by atoms with van der Waals surface area (Å²) in [5.74, 6) is 0. The van der Waals surface area contributed by atoms with Gasteiger partial charge in [-0.3, -0.25) is 0 Å². The Balaban J connectivity index is 2.51. The lowest BCUT2D eigenvalue weighted by molar-refractivity contribution is 1.13. The first kappa shape index (κ1) is 8.88. The van der Waals surface area contributed by atoms with Crippen LogP contribution in [-0.4, -0.2) is 9.97 Å². The summed E-state index contributed by atoms with van der Waals surface area (Å²) in [5.41, 5.74) is 3.66.